The molecule has 0 aliphatic carbocycles. The zero-order valence-corrected chi connectivity index (χ0v) is 9.80. The van der Waals surface area contributed by atoms with Gasteiger partial charge in [-0.25, -0.2) is 0 Å². The van der Waals surface area contributed by atoms with Crippen LogP contribution in [0.5, 0.6) is 5.75 Å². The molecule has 0 saturated heterocycles. The second-order valence-corrected chi connectivity index (χ2v) is 4.23. The third-order valence-electron chi connectivity index (χ3n) is 2.95. The van der Waals surface area contributed by atoms with E-state index >= 15 is 0 Å². The van der Waals surface area contributed by atoms with Crippen molar-refractivity contribution in [2.45, 2.75) is 12.8 Å². The van der Waals surface area contributed by atoms with E-state index in [4.69, 9.17) is 5.11 Å². The zero-order chi connectivity index (χ0) is 12.3. The van der Waals surface area contributed by atoms with E-state index in [9.17, 15) is 5.11 Å². The molecule has 2 rings (SSSR count). The largest absolute Gasteiger partial charge is 0.507 e. The molecular formula is C15H16O2. The summed E-state index contributed by atoms with van der Waals surface area (Å²) in [5, 5.41) is 19.1. The molecule has 1 atom stereocenters. The molecule has 0 fully saturated rings. The van der Waals surface area contributed by atoms with E-state index in [2.05, 4.69) is 0 Å². The minimum atomic E-state index is 0.0470. The first-order valence-corrected chi connectivity index (χ1v) is 5.71. The highest BCUT2D eigenvalue weighted by molar-refractivity contribution is 5.70. The summed E-state index contributed by atoms with van der Waals surface area (Å²) in [4.78, 5) is 0. The van der Waals surface area contributed by atoms with Crippen molar-refractivity contribution in [2.75, 3.05) is 6.61 Å². The summed E-state index contributed by atoms with van der Waals surface area (Å²) < 4.78 is 0. The Kier molecular flexibility index (Phi) is 3.45. The van der Waals surface area contributed by atoms with Crippen LogP contribution >= 0.6 is 0 Å². The van der Waals surface area contributed by atoms with Crippen LogP contribution in [0.15, 0.2) is 48.5 Å². The number of aliphatic hydroxyl groups excluding tert-OH is 1. The Morgan fingerprint density at radius 2 is 1.76 bits per heavy atom. The van der Waals surface area contributed by atoms with Gasteiger partial charge < -0.3 is 10.2 Å². The second-order valence-electron chi connectivity index (χ2n) is 4.23. The molecule has 0 bridgehead atoms. The lowest BCUT2D eigenvalue weighted by molar-refractivity contribution is 0.273. The number of phenolic OH excluding ortho intramolecular Hbond substituents is 1. The predicted octanol–water partition coefficient (Wildman–Crippen LogP) is 3.16. The number of benzene rings is 2. The molecule has 0 aromatic heterocycles. The van der Waals surface area contributed by atoms with Gasteiger partial charge in [0.25, 0.3) is 0 Å². The molecule has 0 aliphatic rings. The van der Waals surface area contributed by atoms with Gasteiger partial charge in [-0.1, -0.05) is 49.4 Å². The Morgan fingerprint density at radius 3 is 2.35 bits per heavy atom. The Bertz CT molecular complexity index is 492. The third kappa shape index (κ3) is 2.48. The summed E-state index contributed by atoms with van der Waals surface area (Å²) in [6, 6.07) is 15.3. The number of aliphatic hydroxyl groups is 1. The molecule has 17 heavy (non-hydrogen) atoms. The van der Waals surface area contributed by atoms with E-state index in [0.717, 1.165) is 16.7 Å². The van der Waals surface area contributed by atoms with Crippen LogP contribution in [0.25, 0.3) is 11.1 Å². The molecule has 0 radical (unpaired) electrons. The quantitative estimate of drug-likeness (QED) is 0.847. The van der Waals surface area contributed by atoms with Crippen LogP contribution in [0, 0.1) is 0 Å². The van der Waals surface area contributed by atoms with Gasteiger partial charge in [-0.05, 0) is 17.2 Å². The van der Waals surface area contributed by atoms with Crippen molar-refractivity contribution in [1.82, 2.24) is 0 Å². The summed E-state index contributed by atoms with van der Waals surface area (Å²) in [7, 11) is 0. The fourth-order valence-corrected chi connectivity index (χ4v) is 1.82. The molecule has 2 N–H and O–H groups in total. The number of hydrogen-bond donors (Lipinski definition) is 2. The molecule has 2 aromatic carbocycles. The van der Waals surface area contributed by atoms with Crippen LogP contribution in [-0.2, 0) is 0 Å². The van der Waals surface area contributed by atoms with Crippen molar-refractivity contribution >= 4 is 0 Å². The lowest BCUT2D eigenvalue weighted by Gasteiger charge is -2.11. The molecule has 0 heterocycles. The SMILES string of the molecule is CC(CO)c1ccc(-c2ccccc2)c(O)c1. The van der Waals surface area contributed by atoms with Crippen LogP contribution in [0.4, 0.5) is 0 Å². The van der Waals surface area contributed by atoms with Crippen LogP contribution in [0.1, 0.15) is 18.4 Å². The number of rotatable bonds is 3. The maximum Gasteiger partial charge on any atom is 0.123 e. The summed E-state index contributed by atoms with van der Waals surface area (Å²) in [5.74, 6) is 0.305. The van der Waals surface area contributed by atoms with Crippen molar-refractivity contribution in [2.24, 2.45) is 0 Å². The molecule has 0 saturated carbocycles. The first-order valence-electron chi connectivity index (χ1n) is 5.71. The molecule has 0 aliphatic heterocycles. The smallest absolute Gasteiger partial charge is 0.123 e. The lowest BCUT2D eigenvalue weighted by atomic mass is 9.97. The molecule has 2 heteroatoms. The predicted molar refractivity (Wildman–Crippen MR) is 69.0 cm³/mol. The fraction of sp³-hybridized carbons (Fsp3) is 0.200. The zero-order valence-electron chi connectivity index (χ0n) is 9.80. The maximum atomic E-state index is 10.0. The molecule has 1 unspecified atom stereocenters. The van der Waals surface area contributed by atoms with Gasteiger partial charge in [0.05, 0.1) is 0 Å². The van der Waals surface area contributed by atoms with Gasteiger partial charge in [0.15, 0.2) is 0 Å². The molecule has 2 aromatic rings. The lowest BCUT2D eigenvalue weighted by Crippen LogP contribution is -1.98. The standard InChI is InChI=1S/C15H16O2/c1-11(10-16)13-7-8-14(15(17)9-13)12-5-3-2-4-6-12/h2-9,11,16-17H,10H2,1H3. The number of phenols is 1. The van der Waals surface area contributed by atoms with E-state index in [1.807, 2.05) is 49.4 Å². The normalized spacial score (nSPS) is 12.4. The van der Waals surface area contributed by atoms with Crippen LogP contribution in [-0.4, -0.2) is 16.8 Å². The van der Waals surface area contributed by atoms with Crippen LogP contribution in [0.2, 0.25) is 0 Å². The monoisotopic (exact) mass is 228 g/mol. The Balaban J connectivity index is 2.39. The first kappa shape index (κ1) is 11.7. The number of aromatic hydroxyl groups is 1. The van der Waals surface area contributed by atoms with Crippen molar-refractivity contribution < 1.29 is 10.2 Å². The van der Waals surface area contributed by atoms with Crippen molar-refractivity contribution in [3.05, 3.63) is 54.1 Å². The van der Waals surface area contributed by atoms with Crippen molar-refractivity contribution in [3.63, 3.8) is 0 Å². The number of hydrogen-bond acceptors (Lipinski definition) is 2. The van der Waals surface area contributed by atoms with Gasteiger partial charge in [-0.2, -0.15) is 0 Å². The highest BCUT2D eigenvalue weighted by Crippen LogP contribution is 2.31. The van der Waals surface area contributed by atoms with E-state index in [1.54, 1.807) is 6.07 Å². The minimum Gasteiger partial charge on any atom is -0.507 e. The molecule has 0 amide bonds. The van der Waals surface area contributed by atoms with Gasteiger partial charge in [0.2, 0.25) is 0 Å². The van der Waals surface area contributed by atoms with E-state index < -0.39 is 0 Å². The second kappa shape index (κ2) is 5.02. The van der Waals surface area contributed by atoms with Crippen LogP contribution < -0.4 is 0 Å². The van der Waals surface area contributed by atoms with Crippen molar-refractivity contribution in [3.8, 4) is 16.9 Å². The topological polar surface area (TPSA) is 40.5 Å². The summed E-state index contributed by atoms with van der Waals surface area (Å²) in [5.41, 5.74) is 2.76. The summed E-state index contributed by atoms with van der Waals surface area (Å²) in [6.07, 6.45) is 0. The molecule has 2 nitrogen and oxygen atoms in total. The van der Waals surface area contributed by atoms with E-state index in [1.165, 1.54) is 0 Å². The average Bonchev–Trinajstić information content (AvgIpc) is 2.38. The Hall–Kier alpha value is -1.80. The fourth-order valence-electron chi connectivity index (χ4n) is 1.82. The van der Waals surface area contributed by atoms with Gasteiger partial charge in [0.1, 0.15) is 5.75 Å². The maximum absolute atomic E-state index is 10.0. The van der Waals surface area contributed by atoms with E-state index in [0.29, 0.717) is 0 Å². The highest BCUT2D eigenvalue weighted by Gasteiger charge is 2.08. The Labute approximate surface area is 101 Å². The summed E-state index contributed by atoms with van der Waals surface area (Å²) in [6.45, 7) is 2.01. The molecular weight excluding hydrogens is 212 g/mol. The average molecular weight is 228 g/mol. The molecule has 88 valence electrons. The summed E-state index contributed by atoms with van der Waals surface area (Å²) >= 11 is 0. The van der Waals surface area contributed by atoms with Gasteiger partial charge in [-0.3, -0.25) is 0 Å². The van der Waals surface area contributed by atoms with Crippen LogP contribution in [0.3, 0.4) is 0 Å². The third-order valence-corrected chi connectivity index (χ3v) is 2.95. The van der Waals surface area contributed by atoms with Gasteiger partial charge >= 0.3 is 0 Å². The van der Waals surface area contributed by atoms with Gasteiger partial charge in [-0.15, -0.1) is 0 Å². The van der Waals surface area contributed by atoms with Crippen molar-refractivity contribution in [1.29, 1.82) is 0 Å². The van der Waals surface area contributed by atoms with Gasteiger partial charge in [0, 0.05) is 18.1 Å². The Morgan fingerprint density at radius 1 is 1.06 bits per heavy atom. The highest BCUT2D eigenvalue weighted by atomic mass is 16.3. The molecule has 0 spiro atoms. The van der Waals surface area contributed by atoms with E-state index in [-0.39, 0.29) is 18.3 Å². The minimum absolute atomic E-state index is 0.0470. The first-order chi connectivity index (χ1) is 8.22.